The van der Waals surface area contributed by atoms with Crippen LogP contribution in [0.3, 0.4) is 0 Å². The maximum Gasteiger partial charge on any atom is 0.397 e. The highest BCUT2D eigenvalue weighted by Gasteiger charge is 2.48. The van der Waals surface area contributed by atoms with Gasteiger partial charge >= 0.3 is 10.4 Å². The van der Waals surface area contributed by atoms with Crippen molar-refractivity contribution in [1.29, 1.82) is 0 Å². The Labute approximate surface area is 290 Å². The summed E-state index contributed by atoms with van der Waals surface area (Å²) in [4.78, 5) is 12.9. The van der Waals surface area contributed by atoms with E-state index < -0.39 is 59.9 Å². The van der Waals surface area contributed by atoms with Crippen molar-refractivity contribution in [1.82, 2.24) is 5.32 Å². The smallest absolute Gasteiger partial charge is 0.394 e. The average molecular weight is 710 g/mol. The minimum atomic E-state index is -5.07. The van der Waals surface area contributed by atoms with Crippen molar-refractivity contribution in [3.05, 3.63) is 12.2 Å². The van der Waals surface area contributed by atoms with Gasteiger partial charge in [0.05, 0.1) is 25.4 Å². The summed E-state index contributed by atoms with van der Waals surface area (Å²) in [6.07, 6.45) is 17.0. The van der Waals surface area contributed by atoms with Crippen LogP contribution >= 0.6 is 0 Å². The minimum absolute atomic E-state index is 0.268. The number of unbranched alkanes of at least 4 members (excludes halogenated alkanes) is 18. The van der Waals surface area contributed by atoms with Crippen LogP contribution in [0.4, 0.5) is 0 Å². The maximum atomic E-state index is 12.9. The van der Waals surface area contributed by atoms with Gasteiger partial charge in [-0.1, -0.05) is 135 Å². The van der Waals surface area contributed by atoms with Crippen LogP contribution in [-0.4, -0.2) is 95.4 Å². The van der Waals surface area contributed by atoms with Crippen LogP contribution < -0.4 is 5.32 Å². The second-order valence-corrected chi connectivity index (χ2v) is 14.2. The number of amides is 1. The molecule has 0 spiro atoms. The zero-order valence-corrected chi connectivity index (χ0v) is 30.4. The number of aliphatic hydroxyl groups is 4. The van der Waals surface area contributed by atoms with Gasteiger partial charge in [0.15, 0.2) is 6.29 Å². The number of hydrogen-bond donors (Lipinski definition) is 6. The van der Waals surface area contributed by atoms with E-state index in [1.165, 1.54) is 83.5 Å². The monoisotopic (exact) mass is 709 g/mol. The van der Waals surface area contributed by atoms with Crippen LogP contribution in [0.25, 0.3) is 0 Å². The first-order valence-electron chi connectivity index (χ1n) is 18.6. The first kappa shape index (κ1) is 44.9. The average Bonchev–Trinajstić information content (AvgIpc) is 3.04. The van der Waals surface area contributed by atoms with Crippen molar-refractivity contribution < 1.29 is 51.8 Å². The SMILES string of the molecule is CCCCCCCCCCC/C=C/C(O)C(COC1OC(CO)C(O)C(OS(=O)(=O)O)C1O)NC(=O)CCCCCCCCCCCC. The Hall–Kier alpha value is -1.16. The van der Waals surface area contributed by atoms with Gasteiger partial charge in [-0.15, -0.1) is 0 Å². The third kappa shape index (κ3) is 21.1. The van der Waals surface area contributed by atoms with Gasteiger partial charge in [0.2, 0.25) is 5.91 Å². The highest BCUT2D eigenvalue weighted by molar-refractivity contribution is 7.80. The fraction of sp³-hybridized carbons (Fsp3) is 0.914. The number of allylic oxidation sites excluding steroid dienone is 1. The summed E-state index contributed by atoms with van der Waals surface area (Å²) in [5.74, 6) is -0.268. The summed E-state index contributed by atoms with van der Waals surface area (Å²) >= 11 is 0. The van der Waals surface area contributed by atoms with E-state index >= 15 is 0 Å². The normalized spacial score (nSPS) is 23.0. The molecule has 1 aliphatic rings. The van der Waals surface area contributed by atoms with E-state index in [1.54, 1.807) is 6.08 Å². The lowest BCUT2D eigenvalue weighted by molar-refractivity contribution is -0.298. The summed E-state index contributed by atoms with van der Waals surface area (Å²) in [6, 6.07) is -0.934. The van der Waals surface area contributed by atoms with Crippen molar-refractivity contribution in [3.63, 3.8) is 0 Å². The molecule has 0 bridgehead atoms. The molecule has 0 aliphatic carbocycles. The number of rotatable bonds is 30. The Morgan fingerprint density at radius 3 is 1.81 bits per heavy atom. The molecule has 0 aromatic carbocycles. The molecule has 6 N–H and O–H groups in total. The Balaban J connectivity index is 2.68. The van der Waals surface area contributed by atoms with Gasteiger partial charge in [-0.05, 0) is 19.3 Å². The van der Waals surface area contributed by atoms with Crippen molar-refractivity contribution in [2.45, 2.75) is 192 Å². The lowest BCUT2D eigenvalue weighted by Crippen LogP contribution is -2.61. The van der Waals surface area contributed by atoms with Crippen LogP contribution in [0.2, 0.25) is 0 Å². The molecule has 13 heteroatoms. The minimum Gasteiger partial charge on any atom is -0.394 e. The first-order chi connectivity index (χ1) is 23.0. The number of ether oxygens (including phenoxy) is 2. The molecule has 12 nitrogen and oxygen atoms in total. The summed E-state index contributed by atoms with van der Waals surface area (Å²) in [5.41, 5.74) is 0. The largest absolute Gasteiger partial charge is 0.397 e. The predicted molar refractivity (Wildman–Crippen MR) is 186 cm³/mol. The van der Waals surface area contributed by atoms with Gasteiger partial charge in [-0.3, -0.25) is 9.35 Å². The number of nitrogens with one attached hydrogen (secondary N) is 1. The van der Waals surface area contributed by atoms with Gasteiger partial charge in [-0.2, -0.15) is 8.42 Å². The van der Waals surface area contributed by atoms with Gasteiger partial charge in [-0.25, -0.2) is 4.18 Å². The standard InChI is InChI=1S/C35H67NO11S/c1-3-5-7-9-11-13-15-16-18-20-22-24-29(38)28(36-31(39)25-23-21-19-17-14-12-10-8-6-4-2)27-45-35-33(41)34(47-48(42,43)44)32(40)30(26-37)46-35/h22,24,28-30,32-35,37-38,40-41H,3-21,23,25-27H2,1-2H3,(H,36,39)(H,42,43,44)/b24-22+. The number of aliphatic hydroxyl groups excluding tert-OH is 4. The molecule has 1 amide bonds. The van der Waals surface area contributed by atoms with Crippen LogP contribution in [-0.2, 0) is 28.9 Å². The summed E-state index contributed by atoms with van der Waals surface area (Å²) in [5, 5.41) is 44.3. The van der Waals surface area contributed by atoms with Crippen molar-refractivity contribution in [3.8, 4) is 0 Å². The van der Waals surface area contributed by atoms with Crippen molar-refractivity contribution in [2.75, 3.05) is 13.2 Å². The quantitative estimate of drug-likeness (QED) is 0.0324. The molecule has 0 aromatic rings. The Morgan fingerprint density at radius 2 is 1.31 bits per heavy atom. The summed E-state index contributed by atoms with van der Waals surface area (Å²) in [7, 11) is -5.07. The highest BCUT2D eigenvalue weighted by Crippen LogP contribution is 2.26. The van der Waals surface area contributed by atoms with Crippen LogP contribution in [0, 0.1) is 0 Å². The van der Waals surface area contributed by atoms with Crippen LogP contribution in [0.5, 0.6) is 0 Å². The van der Waals surface area contributed by atoms with Crippen molar-refractivity contribution >= 4 is 16.3 Å². The molecule has 7 atom stereocenters. The van der Waals surface area contributed by atoms with E-state index in [9.17, 15) is 33.6 Å². The van der Waals surface area contributed by atoms with Crippen LogP contribution in [0.1, 0.15) is 149 Å². The van der Waals surface area contributed by atoms with E-state index in [2.05, 4.69) is 23.3 Å². The van der Waals surface area contributed by atoms with Gasteiger partial charge in [0.25, 0.3) is 0 Å². The van der Waals surface area contributed by atoms with Gasteiger partial charge < -0.3 is 35.2 Å². The van der Waals surface area contributed by atoms with Gasteiger partial charge in [0.1, 0.15) is 24.4 Å². The number of carbonyl (C=O) groups excluding carboxylic acids is 1. The second-order valence-electron chi connectivity index (χ2n) is 13.2. The molecule has 7 unspecified atom stereocenters. The molecule has 284 valence electrons. The Kier molecular flexibility index (Phi) is 25.7. The molecule has 1 heterocycles. The Morgan fingerprint density at radius 1 is 0.812 bits per heavy atom. The Bertz CT molecular complexity index is 935. The lowest BCUT2D eigenvalue weighted by Gasteiger charge is -2.41. The molecule has 1 rings (SSSR count). The van der Waals surface area contributed by atoms with E-state index in [1.807, 2.05) is 6.08 Å². The third-order valence-corrected chi connectivity index (χ3v) is 9.28. The predicted octanol–water partition coefficient (Wildman–Crippen LogP) is 5.26. The topological polar surface area (TPSA) is 192 Å². The highest BCUT2D eigenvalue weighted by atomic mass is 32.3. The maximum absolute atomic E-state index is 12.9. The molecular weight excluding hydrogens is 642 g/mol. The van der Waals surface area contributed by atoms with E-state index in [0.717, 1.165) is 38.5 Å². The number of carbonyl (C=O) groups is 1. The van der Waals surface area contributed by atoms with Gasteiger partial charge in [0, 0.05) is 6.42 Å². The van der Waals surface area contributed by atoms with Crippen molar-refractivity contribution in [2.24, 2.45) is 0 Å². The number of hydrogen-bond acceptors (Lipinski definition) is 10. The summed E-state index contributed by atoms with van der Waals surface area (Å²) < 4.78 is 47.2. The summed E-state index contributed by atoms with van der Waals surface area (Å²) in [6.45, 7) is 3.31. The molecule has 1 saturated heterocycles. The molecule has 1 fully saturated rings. The zero-order valence-electron chi connectivity index (χ0n) is 29.6. The molecule has 1 aliphatic heterocycles. The first-order valence-corrected chi connectivity index (χ1v) is 19.9. The fourth-order valence-electron chi connectivity index (χ4n) is 5.86. The molecule has 48 heavy (non-hydrogen) atoms. The molecule has 0 radical (unpaired) electrons. The fourth-order valence-corrected chi connectivity index (χ4v) is 6.37. The zero-order chi connectivity index (χ0) is 35.6. The second kappa shape index (κ2) is 27.5. The van der Waals surface area contributed by atoms with E-state index in [0.29, 0.717) is 6.42 Å². The van der Waals surface area contributed by atoms with E-state index in [4.69, 9.17) is 14.0 Å². The van der Waals surface area contributed by atoms with E-state index in [-0.39, 0.29) is 18.9 Å². The lowest BCUT2D eigenvalue weighted by atomic mass is 9.99. The molecule has 0 aromatic heterocycles. The third-order valence-electron chi connectivity index (χ3n) is 8.82. The molecular formula is C35H67NO11S. The van der Waals surface area contributed by atoms with Crippen LogP contribution in [0.15, 0.2) is 12.2 Å². The molecule has 0 saturated carbocycles.